The molecule has 0 bridgehead atoms. The normalized spacial score (nSPS) is 13.1. The van der Waals surface area contributed by atoms with E-state index >= 15 is 0 Å². The van der Waals surface area contributed by atoms with Crippen molar-refractivity contribution in [3.05, 3.63) is 71.0 Å². The Hall–Kier alpha value is -2.66. The Morgan fingerprint density at radius 3 is 2.52 bits per heavy atom. The van der Waals surface area contributed by atoms with Crippen LogP contribution in [-0.4, -0.2) is 13.4 Å². The van der Waals surface area contributed by atoms with E-state index < -0.39 is 33.6 Å². The Balaban J connectivity index is 1.79. The molecule has 0 radical (unpaired) electrons. The maximum absolute atomic E-state index is 14.5. The summed E-state index contributed by atoms with van der Waals surface area (Å²) in [5, 5.41) is 4.49. The number of alkyl halides is 3. The van der Waals surface area contributed by atoms with E-state index in [1.54, 1.807) is 12.3 Å². The van der Waals surface area contributed by atoms with Crippen LogP contribution in [0.2, 0.25) is 0 Å². The maximum atomic E-state index is 14.5. The molecule has 2 aromatic carbocycles. The van der Waals surface area contributed by atoms with Gasteiger partial charge in [0.05, 0.1) is 16.1 Å². The fourth-order valence-corrected chi connectivity index (χ4v) is 4.33. The summed E-state index contributed by atoms with van der Waals surface area (Å²) in [6.45, 7) is 1.57. The lowest BCUT2D eigenvalue weighted by Crippen LogP contribution is -2.14. The van der Waals surface area contributed by atoms with Crippen LogP contribution in [0.25, 0.3) is 0 Å². The molecule has 11 heteroatoms. The van der Waals surface area contributed by atoms with Crippen LogP contribution in [-0.2, 0) is 16.2 Å². The van der Waals surface area contributed by atoms with Crippen LogP contribution in [0.1, 0.15) is 24.1 Å². The summed E-state index contributed by atoms with van der Waals surface area (Å²) in [5.41, 5.74) is -0.539. The van der Waals surface area contributed by atoms with Gasteiger partial charge in [0.1, 0.15) is 5.82 Å². The van der Waals surface area contributed by atoms with Crippen LogP contribution in [0.3, 0.4) is 0 Å². The maximum Gasteiger partial charge on any atom is 0.416 e. The Bertz CT molecular complexity index is 1100. The monoisotopic (exact) mass is 445 g/mol. The molecule has 0 saturated carbocycles. The molecule has 0 aliphatic heterocycles. The second-order valence-electron chi connectivity index (χ2n) is 6.07. The molecule has 5 nitrogen and oxygen atoms in total. The molecule has 1 atom stereocenters. The lowest BCUT2D eigenvalue weighted by atomic mass is 10.0. The van der Waals surface area contributed by atoms with E-state index in [-0.39, 0.29) is 15.7 Å². The highest BCUT2D eigenvalue weighted by Gasteiger charge is 2.30. The molecular formula is C18H15F4N3O2S2. The van der Waals surface area contributed by atoms with E-state index in [4.69, 9.17) is 0 Å². The van der Waals surface area contributed by atoms with Crippen molar-refractivity contribution in [3.8, 4) is 0 Å². The molecule has 1 aromatic heterocycles. The summed E-state index contributed by atoms with van der Waals surface area (Å²) < 4.78 is 79.9. The highest BCUT2D eigenvalue weighted by molar-refractivity contribution is 7.93. The summed E-state index contributed by atoms with van der Waals surface area (Å²) in [7, 11) is -4.02. The minimum Gasteiger partial charge on any atom is -0.376 e. The third-order valence-corrected chi connectivity index (χ3v) is 6.15. The molecule has 0 unspecified atom stereocenters. The standard InChI is InChI=1S/C18H15F4N3O2S2/c1-11(12-3-2-4-13(9-12)18(20,21)22)24-16-6-5-14(10-15(16)19)29(26,27)25-17-23-7-8-28-17/h2-11,24H,1H3,(H,23,25)/t11-/m0/s1. The van der Waals surface area contributed by atoms with Gasteiger partial charge >= 0.3 is 6.18 Å². The second-order valence-corrected chi connectivity index (χ2v) is 8.65. The number of nitrogens with zero attached hydrogens (tertiary/aromatic N) is 1. The second kappa shape index (κ2) is 7.99. The number of anilines is 2. The predicted molar refractivity (Wildman–Crippen MR) is 103 cm³/mol. The van der Waals surface area contributed by atoms with Crippen LogP contribution in [0, 0.1) is 5.82 Å². The third kappa shape index (κ3) is 5.04. The molecular weight excluding hydrogens is 430 g/mol. The van der Waals surface area contributed by atoms with Crippen LogP contribution < -0.4 is 10.0 Å². The van der Waals surface area contributed by atoms with Crippen molar-refractivity contribution in [1.29, 1.82) is 0 Å². The topological polar surface area (TPSA) is 71.1 Å². The summed E-state index contributed by atoms with van der Waals surface area (Å²) in [6.07, 6.45) is -3.06. The predicted octanol–water partition coefficient (Wildman–Crippen LogP) is 5.27. The van der Waals surface area contributed by atoms with E-state index in [1.165, 1.54) is 30.5 Å². The number of hydrogen-bond donors (Lipinski definition) is 2. The smallest absolute Gasteiger partial charge is 0.376 e. The largest absolute Gasteiger partial charge is 0.416 e. The summed E-state index contributed by atoms with van der Waals surface area (Å²) in [4.78, 5) is 3.50. The number of nitrogens with one attached hydrogen (secondary N) is 2. The lowest BCUT2D eigenvalue weighted by Gasteiger charge is -2.18. The van der Waals surface area contributed by atoms with Gasteiger partial charge in [-0.05, 0) is 42.8 Å². The van der Waals surface area contributed by atoms with Crippen LogP contribution in [0.5, 0.6) is 0 Å². The number of aromatic nitrogens is 1. The molecule has 154 valence electrons. The van der Waals surface area contributed by atoms with E-state index in [0.29, 0.717) is 5.56 Å². The molecule has 0 fully saturated rings. The molecule has 2 N–H and O–H groups in total. The fraction of sp³-hybridized carbons (Fsp3) is 0.167. The first-order valence-electron chi connectivity index (χ1n) is 8.22. The van der Waals surface area contributed by atoms with Crippen molar-refractivity contribution >= 4 is 32.2 Å². The summed E-state index contributed by atoms with van der Waals surface area (Å²) in [6, 6.07) is 7.28. The van der Waals surface area contributed by atoms with Gasteiger partial charge in [0.2, 0.25) is 0 Å². The van der Waals surface area contributed by atoms with E-state index in [0.717, 1.165) is 29.5 Å². The minimum atomic E-state index is -4.48. The Morgan fingerprint density at radius 1 is 1.14 bits per heavy atom. The molecule has 0 saturated heterocycles. The summed E-state index contributed by atoms with van der Waals surface area (Å²) in [5.74, 6) is -0.856. The van der Waals surface area contributed by atoms with Gasteiger partial charge in [0, 0.05) is 17.6 Å². The number of rotatable bonds is 6. The Kier molecular flexibility index (Phi) is 5.80. The highest BCUT2D eigenvalue weighted by atomic mass is 32.2. The molecule has 0 amide bonds. The highest BCUT2D eigenvalue weighted by Crippen LogP contribution is 2.32. The average Bonchev–Trinajstić information content (AvgIpc) is 3.15. The fourth-order valence-electron chi connectivity index (χ4n) is 2.53. The molecule has 0 spiro atoms. The minimum absolute atomic E-state index is 0.0388. The molecule has 0 aliphatic rings. The van der Waals surface area contributed by atoms with Gasteiger partial charge in [-0.2, -0.15) is 13.2 Å². The van der Waals surface area contributed by atoms with Gasteiger partial charge in [-0.15, -0.1) is 11.3 Å². The molecule has 3 aromatic rings. The molecule has 3 rings (SSSR count). The van der Waals surface area contributed by atoms with E-state index in [9.17, 15) is 26.0 Å². The zero-order chi connectivity index (χ0) is 21.2. The summed E-state index contributed by atoms with van der Waals surface area (Å²) >= 11 is 1.07. The van der Waals surface area contributed by atoms with Crippen molar-refractivity contribution in [1.82, 2.24) is 4.98 Å². The number of hydrogen-bond acceptors (Lipinski definition) is 5. The van der Waals surface area contributed by atoms with Crippen LogP contribution in [0.4, 0.5) is 28.4 Å². The van der Waals surface area contributed by atoms with Crippen molar-refractivity contribution in [3.63, 3.8) is 0 Å². The van der Waals surface area contributed by atoms with Gasteiger partial charge in [-0.25, -0.2) is 17.8 Å². The van der Waals surface area contributed by atoms with Gasteiger partial charge in [-0.3, -0.25) is 4.72 Å². The van der Waals surface area contributed by atoms with Crippen molar-refractivity contribution in [2.24, 2.45) is 0 Å². The first-order valence-corrected chi connectivity index (χ1v) is 10.6. The molecule has 29 heavy (non-hydrogen) atoms. The zero-order valence-corrected chi connectivity index (χ0v) is 16.5. The molecule has 0 aliphatic carbocycles. The number of benzene rings is 2. The number of sulfonamides is 1. The van der Waals surface area contributed by atoms with Gasteiger partial charge in [0.15, 0.2) is 5.13 Å². The van der Waals surface area contributed by atoms with E-state index in [1.807, 2.05) is 0 Å². The number of halogens is 4. The SMILES string of the molecule is C[C@H](Nc1ccc(S(=O)(=O)Nc2nccs2)cc1F)c1cccc(C(F)(F)F)c1. The molecule has 1 heterocycles. The van der Waals surface area contributed by atoms with E-state index in [2.05, 4.69) is 15.0 Å². The quantitative estimate of drug-likeness (QED) is 0.507. The first kappa shape index (κ1) is 21.1. The average molecular weight is 445 g/mol. The van der Waals surface area contributed by atoms with Gasteiger partial charge in [0.25, 0.3) is 10.0 Å². The Morgan fingerprint density at radius 2 is 1.90 bits per heavy atom. The zero-order valence-electron chi connectivity index (χ0n) is 14.9. The van der Waals surface area contributed by atoms with Gasteiger partial charge < -0.3 is 5.32 Å². The first-order chi connectivity index (χ1) is 13.6. The number of thiazole rings is 1. The lowest BCUT2D eigenvalue weighted by molar-refractivity contribution is -0.137. The Labute approximate surface area is 168 Å². The van der Waals surface area contributed by atoms with Crippen molar-refractivity contribution in [2.75, 3.05) is 10.0 Å². The van der Waals surface area contributed by atoms with Crippen molar-refractivity contribution in [2.45, 2.75) is 24.0 Å². The van der Waals surface area contributed by atoms with Gasteiger partial charge in [-0.1, -0.05) is 12.1 Å². The third-order valence-electron chi connectivity index (χ3n) is 3.99. The van der Waals surface area contributed by atoms with Crippen molar-refractivity contribution < 1.29 is 26.0 Å². The van der Waals surface area contributed by atoms with Crippen LogP contribution >= 0.6 is 11.3 Å². The van der Waals surface area contributed by atoms with Crippen LogP contribution in [0.15, 0.2) is 58.9 Å².